The number of nitrogens with one attached hydrogen (secondary N) is 1. The van der Waals surface area contributed by atoms with Crippen LogP contribution in [0.1, 0.15) is 26.3 Å². The lowest BCUT2D eigenvalue weighted by Crippen LogP contribution is -2.27. The maximum absolute atomic E-state index is 12.6. The molecule has 1 amide bonds. The SMILES string of the molecule is CCN(CC)CCn1ccc2cc(NC(=O)C(C)OCc3cccc(OC)c3)ccc21. The second-order valence-electron chi connectivity index (χ2n) is 7.60. The smallest absolute Gasteiger partial charge is 0.253 e. The summed E-state index contributed by atoms with van der Waals surface area (Å²) >= 11 is 0. The first-order valence-electron chi connectivity index (χ1n) is 10.9. The van der Waals surface area contributed by atoms with Crippen LogP contribution in [0.25, 0.3) is 10.9 Å². The van der Waals surface area contributed by atoms with Gasteiger partial charge in [-0.05, 0) is 62.0 Å². The normalized spacial score (nSPS) is 12.3. The van der Waals surface area contributed by atoms with E-state index in [1.165, 1.54) is 5.52 Å². The van der Waals surface area contributed by atoms with Gasteiger partial charge in [-0.15, -0.1) is 0 Å². The zero-order chi connectivity index (χ0) is 22.2. The number of nitrogens with zero attached hydrogens (tertiary/aromatic N) is 2. The molecule has 3 rings (SSSR count). The molecular weight excluding hydrogens is 390 g/mol. The molecule has 0 radical (unpaired) electrons. The lowest BCUT2D eigenvalue weighted by Gasteiger charge is -2.18. The maximum atomic E-state index is 12.6. The number of hydrogen-bond acceptors (Lipinski definition) is 4. The Morgan fingerprint density at radius 3 is 2.68 bits per heavy atom. The molecule has 1 aromatic heterocycles. The van der Waals surface area contributed by atoms with E-state index >= 15 is 0 Å². The Hall–Kier alpha value is -2.83. The number of carbonyl (C=O) groups excluding carboxylic acids is 1. The first-order chi connectivity index (χ1) is 15.0. The number of carbonyl (C=O) groups is 1. The van der Waals surface area contributed by atoms with Crippen LogP contribution in [0, 0.1) is 0 Å². The topological polar surface area (TPSA) is 55.7 Å². The molecule has 0 aliphatic carbocycles. The predicted molar refractivity (Wildman–Crippen MR) is 126 cm³/mol. The van der Waals surface area contributed by atoms with Crippen molar-refractivity contribution in [3.8, 4) is 5.75 Å². The molecule has 6 nitrogen and oxygen atoms in total. The van der Waals surface area contributed by atoms with Crippen molar-refractivity contribution in [2.45, 2.75) is 40.0 Å². The Kier molecular flexibility index (Phi) is 8.09. The van der Waals surface area contributed by atoms with Crippen LogP contribution < -0.4 is 10.1 Å². The van der Waals surface area contributed by atoms with E-state index in [1.54, 1.807) is 14.0 Å². The Balaban J connectivity index is 1.57. The third kappa shape index (κ3) is 6.09. The van der Waals surface area contributed by atoms with Gasteiger partial charge in [-0.25, -0.2) is 0 Å². The number of methoxy groups -OCH3 is 1. The Bertz CT molecular complexity index is 995. The second kappa shape index (κ2) is 11.0. The van der Waals surface area contributed by atoms with Gasteiger partial charge in [-0.1, -0.05) is 26.0 Å². The quantitative estimate of drug-likeness (QED) is 0.492. The molecule has 6 heteroatoms. The van der Waals surface area contributed by atoms with Crippen LogP contribution in [0.3, 0.4) is 0 Å². The van der Waals surface area contributed by atoms with Crippen molar-refractivity contribution in [2.24, 2.45) is 0 Å². The highest BCUT2D eigenvalue weighted by molar-refractivity contribution is 5.96. The highest BCUT2D eigenvalue weighted by Gasteiger charge is 2.14. The summed E-state index contributed by atoms with van der Waals surface area (Å²) in [6.45, 7) is 10.6. The zero-order valence-corrected chi connectivity index (χ0v) is 18.9. The number of aromatic nitrogens is 1. The molecule has 2 aromatic carbocycles. The van der Waals surface area contributed by atoms with Gasteiger partial charge in [0.15, 0.2) is 0 Å². The van der Waals surface area contributed by atoms with Crippen LogP contribution in [-0.2, 0) is 22.7 Å². The Labute approximate surface area is 184 Å². The first-order valence-corrected chi connectivity index (χ1v) is 10.9. The van der Waals surface area contributed by atoms with Gasteiger partial charge < -0.3 is 24.3 Å². The van der Waals surface area contributed by atoms with Gasteiger partial charge in [0.2, 0.25) is 0 Å². The van der Waals surface area contributed by atoms with E-state index < -0.39 is 6.10 Å². The largest absolute Gasteiger partial charge is 0.497 e. The molecule has 1 N–H and O–H groups in total. The summed E-state index contributed by atoms with van der Waals surface area (Å²) in [5, 5.41) is 4.08. The molecule has 3 aromatic rings. The number of benzene rings is 2. The fourth-order valence-electron chi connectivity index (χ4n) is 3.56. The average molecular weight is 424 g/mol. The molecule has 0 saturated carbocycles. The summed E-state index contributed by atoms with van der Waals surface area (Å²) < 4.78 is 13.2. The third-order valence-electron chi connectivity index (χ3n) is 5.59. The van der Waals surface area contributed by atoms with Crippen molar-refractivity contribution in [1.29, 1.82) is 0 Å². The van der Waals surface area contributed by atoms with Crippen molar-refractivity contribution in [3.05, 3.63) is 60.3 Å². The molecular formula is C25H33N3O3. The standard InChI is InChI=1S/C25H33N3O3/c1-5-27(6-2)14-15-28-13-12-21-17-22(10-11-24(21)28)26-25(29)19(3)31-18-20-8-7-9-23(16-20)30-4/h7-13,16-17,19H,5-6,14-15,18H2,1-4H3,(H,26,29). The number of rotatable bonds is 11. The molecule has 0 fully saturated rings. The van der Waals surface area contributed by atoms with E-state index in [2.05, 4.69) is 47.0 Å². The maximum Gasteiger partial charge on any atom is 0.253 e. The van der Waals surface area contributed by atoms with Crippen LogP contribution in [0.15, 0.2) is 54.7 Å². The number of ether oxygens (including phenoxy) is 2. The van der Waals surface area contributed by atoms with Gasteiger partial charge in [0.1, 0.15) is 11.9 Å². The number of fused-ring (bicyclic) bond motifs is 1. The molecule has 1 heterocycles. The van der Waals surface area contributed by atoms with Gasteiger partial charge >= 0.3 is 0 Å². The van der Waals surface area contributed by atoms with Gasteiger partial charge in [0, 0.05) is 35.9 Å². The molecule has 1 unspecified atom stereocenters. The lowest BCUT2D eigenvalue weighted by molar-refractivity contribution is -0.127. The van der Waals surface area contributed by atoms with E-state index in [4.69, 9.17) is 9.47 Å². The number of likely N-dealkylation sites (N-methyl/N-ethyl adjacent to an activating group) is 1. The molecule has 0 saturated heterocycles. The van der Waals surface area contributed by atoms with Crippen molar-refractivity contribution < 1.29 is 14.3 Å². The van der Waals surface area contributed by atoms with Crippen molar-refractivity contribution in [1.82, 2.24) is 9.47 Å². The molecule has 1 atom stereocenters. The Morgan fingerprint density at radius 2 is 1.94 bits per heavy atom. The van der Waals surface area contributed by atoms with Crippen LogP contribution in [0.5, 0.6) is 5.75 Å². The summed E-state index contributed by atoms with van der Waals surface area (Å²) in [7, 11) is 1.63. The van der Waals surface area contributed by atoms with Crippen molar-refractivity contribution >= 4 is 22.5 Å². The summed E-state index contributed by atoms with van der Waals surface area (Å²) in [6.07, 6.45) is 1.54. The van der Waals surface area contributed by atoms with Gasteiger partial charge in [0.25, 0.3) is 5.91 Å². The molecule has 31 heavy (non-hydrogen) atoms. The van der Waals surface area contributed by atoms with E-state index in [0.29, 0.717) is 6.61 Å². The fourth-order valence-corrected chi connectivity index (χ4v) is 3.56. The molecule has 166 valence electrons. The monoisotopic (exact) mass is 423 g/mol. The summed E-state index contributed by atoms with van der Waals surface area (Å²) in [5.74, 6) is 0.610. The first kappa shape index (κ1) is 22.8. The predicted octanol–water partition coefficient (Wildman–Crippen LogP) is 4.54. The molecule has 0 spiro atoms. The van der Waals surface area contributed by atoms with E-state index in [-0.39, 0.29) is 5.91 Å². The van der Waals surface area contributed by atoms with E-state index in [1.807, 2.05) is 36.4 Å². The minimum atomic E-state index is -0.569. The molecule has 0 aliphatic heterocycles. The number of amides is 1. The molecule has 0 aliphatic rings. The summed E-state index contributed by atoms with van der Waals surface area (Å²) in [5.41, 5.74) is 2.91. The third-order valence-corrected chi connectivity index (χ3v) is 5.59. The van der Waals surface area contributed by atoms with Crippen LogP contribution >= 0.6 is 0 Å². The van der Waals surface area contributed by atoms with E-state index in [0.717, 1.165) is 48.6 Å². The van der Waals surface area contributed by atoms with Crippen LogP contribution in [-0.4, -0.2) is 48.2 Å². The summed E-state index contributed by atoms with van der Waals surface area (Å²) in [6, 6.07) is 15.8. The minimum absolute atomic E-state index is 0.164. The summed E-state index contributed by atoms with van der Waals surface area (Å²) in [4.78, 5) is 15.0. The highest BCUT2D eigenvalue weighted by Crippen LogP contribution is 2.21. The van der Waals surface area contributed by atoms with Crippen molar-refractivity contribution in [2.75, 3.05) is 32.1 Å². The van der Waals surface area contributed by atoms with E-state index in [9.17, 15) is 4.79 Å². The minimum Gasteiger partial charge on any atom is -0.497 e. The van der Waals surface area contributed by atoms with Gasteiger partial charge in [-0.2, -0.15) is 0 Å². The lowest BCUT2D eigenvalue weighted by atomic mass is 10.2. The molecule has 0 bridgehead atoms. The van der Waals surface area contributed by atoms with Gasteiger partial charge in [0.05, 0.1) is 13.7 Å². The Morgan fingerprint density at radius 1 is 1.13 bits per heavy atom. The van der Waals surface area contributed by atoms with Crippen LogP contribution in [0.4, 0.5) is 5.69 Å². The number of anilines is 1. The zero-order valence-electron chi connectivity index (χ0n) is 18.9. The second-order valence-corrected chi connectivity index (χ2v) is 7.60. The van der Waals surface area contributed by atoms with Crippen LogP contribution in [0.2, 0.25) is 0 Å². The van der Waals surface area contributed by atoms with Crippen molar-refractivity contribution in [3.63, 3.8) is 0 Å². The van der Waals surface area contributed by atoms with Gasteiger partial charge in [-0.3, -0.25) is 4.79 Å². The average Bonchev–Trinajstić information content (AvgIpc) is 3.20. The number of hydrogen-bond donors (Lipinski definition) is 1. The highest BCUT2D eigenvalue weighted by atomic mass is 16.5. The fraction of sp³-hybridized carbons (Fsp3) is 0.400.